The third kappa shape index (κ3) is 11.1. The third-order valence-electron chi connectivity index (χ3n) is 6.23. The maximum atomic E-state index is 13.3. The van der Waals surface area contributed by atoms with E-state index in [-0.39, 0.29) is 29.9 Å². The lowest BCUT2D eigenvalue weighted by Gasteiger charge is -2.26. The fraction of sp³-hybridized carbons (Fsp3) is 0.400. The first-order valence-corrected chi connectivity index (χ1v) is 14.1. The summed E-state index contributed by atoms with van der Waals surface area (Å²) in [5, 5.41) is 12.9. The van der Waals surface area contributed by atoms with Crippen LogP contribution >= 0.6 is 11.6 Å². The minimum absolute atomic E-state index is 0.0609. The highest BCUT2D eigenvalue weighted by Gasteiger charge is 2.38. The van der Waals surface area contributed by atoms with Gasteiger partial charge in [0.15, 0.2) is 0 Å². The number of anilines is 1. The van der Waals surface area contributed by atoms with Crippen LogP contribution in [0.5, 0.6) is 5.75 Å². The molecule has 0 spiro atoms. The van der Waals surface area contributed by atoms with Crippen LogP contribution in [-0.4, -0.2) is 56.5 Å². The average Bonchev–Trinajstić information content (AvgIpc) is 2.95. The van der Waals surface area contributed by atoms with E-state index in [4.69, 9.17) is 16.3 Å². The quantitative estimate of drug-likeness (QED) is 0.195. The predicted octanol–water partition coefficient (Wildman–Crippen LogP) is 4.39. The molecule has 0 aliphatic rings. The van der Waals surface area contributed by atoms with Gasteiger partial charge >= 0.3 is 12.1 Å². The summed E-state index contributed by atoms with van der Waals surface area (Å²) in [4.78, 5) is 50.9. The number of alkyl halides is 3. The van der Waals surface area contributed by atoms with Gasteiger partial charge in [-0.25, -0.2) is 0 Å². The number of nitrogens with one attached hydrogen (secondary N) is 5. The smallest absolute Gasteiger partial charge is 0.471 e. The molecule has 0 saturated carbocycles. The van der Waals surface area contributed by atoms with Crippen molar-refractivity contribution < 1.29 is 37.1 Å². The molecule has 0 aromatic heterocycles. The molecule has 0 heterocycles. The highest BCUT2D eigenvalue weighted by molar-refractivity contribution is 6.31. The van der Waals surface area contributed by atoms with E-state index in [1.807, 2.05) is 0 Å². The van der Waals surface area contributed by atoms with Gasteiger partial charge in [-0.3, -0.25) is 19.2 Å². The Kier molecular flexibility index (Phi) is 13.1. The molecule has 2 rings (SSSR count). The van der Waals surface area contributed by atoms with Gasteiger partial charge in [0.05, 0.1) is 12.2 Å². The summed E-state index contributed by atoms with van der Waals surface area (Å²) in [5.41, 5.74) is -0.321. The average molecular weight is 640 g/mol. The third-order valence-corrected chi connectivity index (χ3v) is 6.47. The number of amides is 4. The molecule has 0 aliphatic heterocycles. The van der Waals surface area contributed by atoms with E-state index in [9.17, 15) is 32.3 Å². The number of hydrogen-bond donors (Lipinski definition) is 5. The summed E-state index contributed by atoms with van der Waals surface area (Å²) in [7, 11) is 1.44. The minimum Gasteiger partial charge on any atom is -0.493 e. The van der Waals surface area contributed by atoms with Crippen molar-refractivity contribution in [2.24, 2.45) is 11.3 Å². The number of rotatable bonds is 14. The van der Waals surface area contributed by atoms with Crippen LogP contribution < -0.4 is 31.3 Å². The molecule has 1 unspecified atom stereocenters. The maximum Gasteiger partial charge on any atom is 0.471 e. The Morgan fingerprint density at radius 2 is 1.66 bits per heavy atom. The van der Waals surface area contributed by atoms with Crippen LogP contribution in [0.25, 0.3) is 0 Å². The van der Waals surface area contributed by atoms with Crippen molar-refractivity contribution in [1.82, 2.24) is 21.3 Å². The first-order valence-electron chi connectivity index (χ1n) is 13.7. The Morgan fingerprint density at radius 1 is 1.00 bits per heavy atom. The van der Waals surface area contributed by atoms with Gasteiger partial charge < -0.3 is 31.3 Å². The largest absolute Gasteiger partial charge is 0.493 e. The number of benzene rings is 2. The van der Waals surface area contributed by atoms with Gasteiger partial charge in [-0.2, -0.15) is 13.2 Å². The summed E-state index contributed by atoms with van der Waals surface area (Å²) in [6, 6.07) is 13.0. The number of halogens is 4. The molecule has 0 saturated heterocycles. The van der Waals surface area contributed by atoms with Crippen molar-refractivity contribution >= 4 is 40.9 Å². The molecular weight excluding hydrogens is 603 g/mol. The minimum atomic E-state index is -5.08. The lowest BCUT2D eigenvalue weighted by atomic mass is 9.88. The topological polar surface area (TPSA) is 138 Å². The van der Waals surface area contributed by atoms with E-state index < -0.39 is 47.7 Å². The van der Waals surface area contributed by atoms with Gasteiger partial charge in [-0.1, -0.05) is 50.6 Å². The Hall–Kier alpha value is -4.26. The zero-order valence-corrected chi connectivity index (χ0v) is 25.8. The summed E-state index contributed by atoms with van der Waals surface area (Å²) < 4.78 is 43.7. The molecule has 44 heavy (non-hydrogen) atoms. The summed E-state index contributed by atoms with van der Waals surface area (Å²) in [5.74, 6) is -4.41. The summed E-state index contributed by atoms with van der Waals surface area (Å²) in [6.07, 6.45) is -5.23. The normalized spacial score (nSPS) is 12.8. The SMILES string of the molecule is CCOc1ccc(Cl)cc1C(=O)NCC(C)(C)CC(=O)N/C(C(=O)Nc1ccccc1)=C(/NC)C(C)CNC(=O)C(F)(F)F. The van der Waals surface area contributed by atoms with Gasteiger partial charge in [-0.05, 0) is 42.7 Å². The Bertz CT molecular complexity index is 1370. The molecule has 1 atom stereocenters. The highest BCUT2D eigenvalue weighted by Crippen LogP contribution is 2.25. The highest BCUT2D eigenvalue weighted by atomic mass is 35.5. The molecule has 14 heteroatoms. The van der Waals surface area contributed by atoms with Crippen LogP contribution in [0.15, 0.2) is 59.9 Å². The summed E-state index contributed by atoms with van der Waals surface area (Å²) in [6.45, 7) is 6.65. The Balaban J connectivity index is 2.23. The second-order valence-electron chi connectivity index (χ2n) is 10.6. The van der Waals surface area contributed by atoms with E-state index >= 15 is 0 Å². The van der Waals surface area contributed by atoms with Crippen LogP contribution in [0.4, 0.5) is 18.9 Å². The molecule has 240 valence electrons. The first kappa shape index (κ1) is 35.9. The predicted molar refractivity (Wildman–Crippen MR) is 161 cm³/mol. The first-order chi connectivity index (χ1) is 20.6. The molecular formula is C30H37ClF3N5O5. The molecule has 10 nitrogen and oxygen atoms in total. The van der Waals surface area contributed by atoms with Crippen molar-refractivity contribution in [2.75, 3.05) is 32.1 Å². The molecule has 0 radical (unpaired) electrons. The van der Waals surface area contributed by atoms with Gasteiger partial charge in [0.2, 0.25) is 5.91 Å². The molecule has 5 N–H and O–H groups in total. The molecule has 0 bridgehead atoms. The lowest BCUT2D eigenvalue weighted by molar-refractivity contribution is -0.173. The monoisotopic (exact) mass is 639 g/mol. The van der Waals surface area contributed by atoms with Gasteiger partial charge in [0, 0.05) is 48.9 Å². The zero-order chi connectivity index (χ0) is 33.1. The fourth-order valence-corrected chi connectivity index (χ4v) is 4.26. The van der Waals surface area contributed by atoms with Crippen LogP contribution in [0.1, 0.15) is 44.5 Å². The molecule has 2 aromatic carbocycles. The van der Waals surface area contributed by atoms with E-state index in [0.717, 1.165) is 0 Å². The van der Waals surface area contributed by atoms with E-state index in [1.165, 1.54) is 20.0 Å². The Morgan fingerprint density at radius 3 is 2.25 bits per heavy atom. The fourth-order valence-electron chi connectivity index (χ4n) is 4.08. The van der Waals surface area contributed by atoms with Crippen molar-refractivity contribution in [3.05, 3.63) is 70.5 Å². The molecule has 4 amide bonds. The number of ether oxygens (including phenoxy) is 1. The van der Waals surface area contributed by atoms with Crippen LogP contribution in [0.2, 0.25) is 5.02 Å². The van der Waals surface area contributed by atoms with Gasteiger partial charge in [0.1, 0.15) is 11.4 Å². The summed E-state index contributed by atoms with van der Waals surface area (Å²) >= 11 is 6.06. The van der Waals surface area contributed by atoms with Crippen molar-refractivity contribution in [3.8, 4) is 5.75 Å². The molecule has 0 aliphatic carbocycles. The van der Waals surface area contributed by atoms with Crippen LogP contribution in [0, 0.1) is 11.3 Å². The van der Waals surface area contributed by atoms with Crippen LogP contribution in [0.3, 0.4) is 0 Å². The molecule has 0 fully saturated rings. The van der Waals surface area contributed by atoms with Gasteiger partial charge in [-0.15, -0.1) is 0 Å². The zero-order valence-electron chi connectivity index (χ0n) is 25.1. The standard InChI is InChI=1S/C30H37ClF3N5O5/c1-6-44-22-13-12-19(31)14-21(22)26(41)37-17-29(3,4)15-23(40)39-25(27(42)38-20-10-8-7-9-11-20)24(35-5)18(2)16-36-28(43)30(32,33)34/h7-14,18,35H,6,15-17H2,1-5H3,(H,36,43)(H,37,41)(H,38,42)(H,39,40)/b25-24+. The number of para-hydroxylation sites is 1. The van der Waals surface area contributed by atoms with E-state index in [2.05, 4.69) is 21.3 Å². The van der Waals surface area contributed by atoms with Crippen molar-refractivity contribution in [1.29, 1.82) is 0 Å². The number of carbonyl (C=O) groups is 4. The number of carbonyl (C=O) groups excluding carboxylic acids is 4. The second-order valence-corrected chi connectivity index (χ2v) is 11.0. The van der Waals surface area contributed by atoms with Crippen LogP contribution in [-0.2, 0) is 14.4 Å². The lowest BCUT2D eigenvalue weighted by Crippen LogP contribution is -2.42. The van der Waals surface area contributed by atoms with Gasteiger partial charge in [0.25, 0.3) is 11.8 Å². The van der Waals surface area contributed by atoms with Crippen molar-refractivity contribution in [3.63, 3.8) is 0 Å². The Labute approximate surface area is 259 Å². The second kappa shape index (κ2) is 16.0. The maximum absolute atomic E-state index is 13.3. The van der Waals surface area contributed by atoms with E-state index in [1.54, 1.807) is 68.6 Å². The van der Waals surface area contributed by atoms with E-state index in [0.29, 0.717) is 23.1 Å². The number of hydrogen-bond acceptors (Lipinski definition) is 6. The molecule has 2 aromatic rings. The van der Waals surface area contributed by atoms with Crippen molar-refractivity contribution in [2.45, 2.75) is 40.3 Å².